The molecule has 1 aliphatic rings. The number of rotatable bonds is 6. The highest BCUT2D eigenvalue weighted by molar-refractivity contribution is 7.08. The maximum Gasteiger partial charge on any atom is 0.246 e. The lowest BCUT2D eigenvalue weighted by atomic mass is 9.94. The highest BCUT2D eigenvalue weighted by atomic mass is 32.1. The molecule has 6 nitrogen and oxygen atoms in total. The molecule has 1 unspecified atom stereocenters. The summed E-state index contributed by atoms with van der Waals surface area (Å²) in [5.74, 6) is 2.44. The van der Waals surface area contributed by atoms with E-state index in [0.29, 0.717) is 30.6 Å². The van der Waals surface area contributed by atoms with E-state index in [2.05, 4.69) is 10.1 Å². The fourth-order valence-corrected chi connectivity index (χ4v) is 4.15. The summed E-state index contributed by atoms with van der Waals surface area (Å²) in [5, 5.41) is 8.07. The zero-order chi connectivity index (χ0) is 20.1. The normalized spacial score (nSPS) is 17.0. The number of likely N-dealkylation sites (tertiary alicyclic amines) is 1. The van der Waals surface area contributed by atoms with Gasteiger partial charge in [-0.25, -0.2) is 0 Å². The van der Waals surface area contributed by atoms with Gasteiger partial charge in [0.25, 0.3) is 0 Å². The van der Waals surface area contributed by atoms with Crippen LogP contribution in [-0.4, -0.2) is 41.1 Å². The Labute approximate surface area is 173 Å². The molecular weight excluding hydrogens is 386 g/mol. The predicted octanol–water partition coefficient (Wildman–Crippen LogP) is 4.30. The fraction of sp³-hybridized carbons (Fsp3) is 0.318. The molecular formula is C22H23N3O3S. The second-order valence-corrected chi connectivity index (χ2v) is 7.91. The van der Waals surface area contributed by atoms with Gasteiger partial charge in [0.05, 0.1) is 7.11 Å². The topological polar surface area (TPSA) is 68.5 Å². The fourth-order valence-electron chi connectivity index (χ4n) is 3.51. The van der Waals surface area contributed by atoms with Gasteiger partial charge in [-0.3, -0.25) is 4.79 Å². The van der Waals surface area contributed by atoms with Gasteiger partial charge in [0.1, 0.15) is 5.75 Å². The lowest BCUT2D eigenvalue weighted by Crippen LogP contribution is -2.39. The molecule has 150 valence electrons. The summed E-state index contributed by atoms with van der Waals surface area (Å²) in [6.45, 7) is 1.49. The number of aromatic nitrogens is 2. The molecule has 0 bridgehead atoms. The Kier molecular flexibility index (Phi) is 6.05. The van der Waals surface area contributed by atoms with Crippen LogP contribution in [0, 0.1) is 5.92 Å². The third kappa shape index (κ3) is 4.92. The maximum atomic E-state index is 12.6. The Balaban J connectivity index is 1.34. The zero-order valence-electron chi connectivity index (χ0n) is 16.3. The highest BCUT2D eigenvalue weighted by Gasteiger charge is 2.24. The first kappa shape index (κ1) is 19.4. The number of benzene rings is 1. The number of piperidine rings is 1. The van der Waals surface area contributed by atoms with Crippen molar-refractivity contribution >= 4 is 23.3 Å². The summed E-state index contributed by atoms with van der Waals surface area (Å²) in [6, 6.07) is 9.62. The van der Waals surface area contributed by atoms with E-state index in [1.807, 2.05) is 52.1 Å². The molecule has 1 aromatic carbocycles. The number of carbonyl (C=O) groups is 1. The van der Waals surface area contributed by atoms with Gasteiger partial charge in [-0.1, -0.05) is 17.3 Å². The van der Waals surface area contributed by atoms with E-state index in [1.54, 1.807) is 24.5 Å². The molecule has 1 aliphatic heterocycles. The number of methoxy groups -OCH3 is 1. The molecule has 1 fully saturated rings. The minimum Gasteiger partial charge on any atom is -0.497 e. The second-order valence-electron chi connectivity index (χ2n) is 7.13. The van der Waals surface area contributed by atoms with Crippen molar-refractivity contribution < 1.29 is 14.1 Å². The molecule has 4 rings (SSSR count). The van der Waals surface area contributed by atoms with E-state index in [4.69, 9.17) is 9.26 Å². The van der Waals surface area contributed by atoms with Gasteiger partial charge in [0.15, 0.2) is 0 Å². The molecule has 1 atom stereocenters. The average Bonchev–Trinajstić information content (AvgIpc) is 3.44. The van der Waals surface area contributed by atoms with Crippen molar-refractivity contribution in [2.75, 3.05) is 20.2 Å². The molecule has 3 heterocycles. The number of carbonyl (C=O) groups excluding carboxylic acids is 1. The summed E-state index contributed by atoms with van der Waals surface area (Å²) >= 11 is 1.61. The zero-order valence-corrected chi connectivity index (χ0v) is 17.1. The van der Waals surface area contributed by atoms with E-state index in [-0.39, 0.29) is 5.91 Å². The van der Waals surface area contributed by atoms with Crippen molar-refractivity contribution in [2.24, 2.45) is 5.92 Å². The standard InChI is InChI=1S/C22H23N3O3S/c1-27-19-7-4-16(5-8-19)6-9-21(26)25-11-2-3-17(14-25)13-20-23-22(24-28-20)18-10-12-29-15-18/h4-10,12,15,17H,2-3,11,13-14H2,1H3. The van der Waals surface area contributed by atoms with Gasteiger partial charge in [-0.2, -0.15) is 16.3 Å². The second kappa shape index (κ2) is 9.05. The molecule has 0 aliphatic carbocycles. The first-order valence-electron chi connectivity index (χ1n) is 9.67. The van der Waals surface area contributed by atoms with Crippen LogP contribution in [0.5, 0.6) is 5.75 Å². The molecule has 29 heavy (non-hydrogen) atoms. The third-order valence-electron chi connectivity index (χ3n) is 5.08. The number of ether oxygens (including phenoxy) is 1. The van der Waals surface area contributed by atoms with E-state index in [1.165, 1.54) is 0 Å². The Bertz CT molecular complexity index is 964. The van der Waals surface area contributed by atoms with Crippen LogP contribution in [0.1, 0.15) is 24.3 Å². The van der Waals surface area contributed by atoms with Crippen LogP contribution >= 0.6 is 11.3 Å². The van der Waals surface area contributed by atoms with Crippen molar-refractivity contribution in [1.82, 2.24) is 15.0 Å². The number of thiophene rings is 1. The SMILES string of the molecule is COc1ccc(C=CC(=O)N2CCCC(Cc3nc(-c4ccsc4)no3)C2)cc1. The van der Waals surface area contributed by atoms with Crippen LogP contribution in [0.2, 0.25) is 0 Å². The number of hydrogen-bond acceptors (Lipinski definition) is 6. The monoisotopic (exact) mass is 409 g/mol. The van der Waals surface area contributed by atoms with Crippen LogP contribution in [-0.2, 0) is 11.2 Å². The molecule has 2 aromatic heterocycles. The first-order valence-corrected chi connectivity index (χ1v) is 10.6. The molecule has 0 spiro atoms. The molecule has 1 amide bonds. The summed E-state index contributed by atoms with van der Waals surface area (Å²) in [6.07, 6.45) is 6.23. The van der Waals surface area contributed by atoms with Gasteiger partial charge in [-0.05, 0) is 54.0 Å². The molecule has 0 saturated carbocycles. The Morgan fingerprint density at radius 3 is 2.97 bits per heavy atom. The predicted molar refractivity (Wildman–Crippen MR) is 113 cm³/mol. The van der Waals surface area contributed by atoms with E-state index >= 15 is 0 Å². The number of amides is 1. The van der Waals surface area contributed by atoms with Crippen LogP contribution in [0.15, 0.2) is 51.7 Å². The van der Waals surface area contributed by atoms with Crippen molar-refractivity contribution in [3.8, 4) is 17.1 Å². The van der Waals surface area contributed by atoms with E-state index < -0.39 is 0 Å². The van der Waals surface area contributed by atoms with Crippen LogP contribution in [0.3, 0.4) is 0 Å². The van der Waals surface area contributed by atoms with Crippen molar-refractivity contribution in [3.63, 3.8) is 0 Å². The summed E-state index contributed by atoms with van der Waals surface area (Å²) in [7, 11) is 1.64. The van der Waals surface area contributed by atoms with Gasteiger partial charge in [0, 0.05) is 36.5 Å². The largest absolute Gasteiger partial charge is 0.497 e. The molecule has 0 radical (unpaired) electrons. The molecule has 1 saturated heterocycles. The van der Waals surface area contributed by atoms with Crippen LogP contribution < -0.4 is 4.74 Å². The lowest BCUT2D eigenvalue weighted by Gasteiger charge is -2.31. The van der Waals surface area contributed by atoms with Crippen molar-refractivity contribution in [3.05, 3.63) is 58.6 Å². The third-order valence-corrected chi connectivity index (χ3v) is 5.76. The lowest BCUT2D eigenvalue weighted by molar-refractivity contribution is -0.127. The van der Waals surface area contributed by atoms with Gasteiger partial charge < -0.3 is 14.2 Å². The molecule has 0 N–H and O–H groups in total. The summed E-state index contributed by atoms with van der Waals surface area (Å²) in [4.78, 5) is 19.0. The Morgan fingerprint density at radius 1 is 1.34 bits per heavy atom. The van der Waals surface area contributed by atoms with Crippen molar-refractivity contribution in [2.45, 2.75) is 19.3 Å². The van der Waals surface area contributed by atoms with Crippen LogP contribution in [0.4, 0.5) is 0 Å². The van der Waals surface area contributed by atoms with E-state index in [0.717, 1.165) is 36.3 Å². The quantitative estimate of drug-likeness (QED) is 0.568. The highest BCUT2D eigenvalue weighted by Crippen LogP contribution is 2.23. The smallest absolute Gasteiger partial charge is 0.246 e. The Hall–Kier alpha value is -2.93. The average molecular weight is 410 g/mol. The number of hydrogen-bond donors (Lipinski definition) is 0. The maximum absolute atomic E-state index is 12.6. The molecule has 7 heteroatoms. The number of nitrogens with zero attached hydrogens (tertiary/aromatic N) is 3. The first-order chi connectivity index (χ1) is 14.2. The summed E-state index contributed by atoms with van der Waals surface area (Å²) < 4.78 is 10.6. The minimum atomic E-state index is 0.0370. The Morgan fingerprint density at radius 2 is 2.21 bits per heavy atom. The minimum absolute atomic E-state index is 0.0370. The van der Waals surface area contributed by atoms with Gasteiger partial charge >= 0.3 is 0 Å². The van der Waals surface area contributed by atoms with E-state index in [9.17, 15) is 4.79 Å². The van der Waals surface area contributed by atoms with Crippen molar-refractivity contribution in [1.29, 1.82) is 0 Å². The molecule has 3 aromatic rings. The summed E-state index contributed by atoms with van der Waals surface area (Å²) in [5.41, 5.74) is 1.95. The van der Waals surface area contributed by atoms with Crippen LogP contribution in [0.25, 0.3) is 17.5 Å². The van der Waals surface area contributed by atoms with Gasteiger partial charge in [-0.15, -0.1) is 0 Å². The van der Waals surface area contributed by atoms with Gasteiger partial charge in [0.2, 0.25) is 17.6 Å².